The first-order chi connectivity index (χ1) is 14.0. The fourth-order valence-corrected chi connectivity index (χ4v) is 3.65. The van der Waals surface area contributed by atoms with Crippen LogP contribution in [0.3, 0.4) is 0 Å². The van der Waals surface area contributed by atoms with Crippen LogP contribution in [0.15, 0.2) is 60.7 Å². The first-order valence-corrected chi connectivity index (χ1v) is 9.09. The third-order valence-corrected chi connectivity index (χ3v) is 4.85. The first kappa shape index (κ1) is 18.8. The van der Waals surface area contributed by atoms with Crippen molar-refractivity contribution in [1.82, 2.24) is 0 Å². The fourth-order valence-electron chi connectivity index (χ4n) is 3.65. The summed E-state index contributed by atoms with van der Waals surface area (Å²) in [5.41, 5.74) is 11.1. The van der Waals surface area contributed by atoms with Gasteiger partial charge in [-0.1, -0.05) is 18.2 Å². The summed E-state index contributed by atoms with van der Waals surface area (Å²) in [6.07, 6.45) is 0. The molecule has 0 fully saturated rings. The number of benzene rings is 3. The highest BCUT2D eigenvalue weighted by Gasteiger charge is 2.53. The lowest BCUT2D eigenvalue weighted by molar-refractivity contribution is 0.0224. The maximum Gasteiger partial charge on any atom is 0.340 e. The van der Waals surface area contributed by atoms with Crippen LogP contribution in [0.4, 0.5) is 0 Å². The largest absolute Gasteiger partial charge is 0.508 e. The van der Waals surface area contributed by atoms with E-state index in [0.717, 1.165) is 0 Å². The van der Waals surface area contributed by atoms with E-state index < -0.39 is 11.6 Å². The topological polar surface area (TPSA) is 128 Å². The number of carbonyl (C=O) groups is 1. The van der Waals surface area contributed by atoms with Crippen molar-refractivity contribution in [3.8, 4) is 23.0 Å². The van der Waals surface area contributed by atoms with E-state index in [1.165, 1.54) is 24.3 Å². The van der Waals surface area contributed by atoms with Crippen LogP contribution in [-0.2, 0) is 10.3 Å². The van der Waals surface area contributed by atoms with Crippen LogP contribution in [0.5, 0.6) is 23.0 Å². The Morgan fingerprint density at radius 1 is 0.793 bits per heavy atom. The highest BCUT2D eigenvalue weighted by atomic mass is 16.6. The van der Waals surface area contributed by atoms with Crippen LogP contribution in [0.1, 0.15) is 27.0 Å². The third kappa shape index (κ3) is 2.88. The zero-order valence-electron chi connectivity index (χ0n) is 15.5. The van der Waals surface area contributed by atoms with E-state index in [0.29, 0.717) is 46.8 Å². The van der Waals surface area contributed by atoms with Gasteiger partial charge in [-0.2, -0.15) is 0 Å². The summed E-state index contributed by atoms with van der Waals surface area (Å²) < 4.78 is 11.8. The highest BCUT2D eigenvalue weighted by Crippen LogP contribution is 2.56. The molecule has 29 heavy (non-hydrogen) atoms. The van der Waals surface area contributed by atoms with E-state index in [4.69, 9.17) is 20.9 Å². The molecule has 3 aromatic rings. The molecule has 0 aromatic heterocycles. The fraction of sp³-hybridized carbons (Fsp3) is 0.136. The van der Waals surface area contributed by atoms with Gasteiger partial charge in [0.1, 0.15) is 23.0 Å². The number of carbonyl (C=O) groups excluding carboxylic acids is 1. The van der Waals surface area contributed by atoms with Crippen molar-refractivity contribution in [2.45, 2.75) is 5.60 Å². The molecule has 3 aromatic carbocycles. The molecule has 1 spiro atoms. The molecule has 0 saturated heterocycles. The zero-order chi connectivity index (χ0) is 20.6. The molecule has 5 rings (SSSR count). The van der Waals surface area contributed by atoms with Crippen molar-refractivity contribution < 1.29 is 24.5 Å². The molecule has 0 radical (unpaired) electrons. The second-order valence-electron chi connectivity index (χ2n) is 6.66. The van der Waals surface area contributed by atoms with Crippen molar-refractivity contribution >= 4 is 5.97 Å². The minimum Gasteiger partial charge on any atom is -0.508 e. The van der Waals surface area contributed by atoms with E-state index in [9.17, 15) is 15.0 Å². The number of phenolic OH excluding ortho intramolecular Hbond substituents is 2. The lowest BCUT2D eigenvalue weighted by Crippen LogP contribution is -2.32. The average molecular weight is 392 g/mol. The quantitative estimate of drug-likeness (QED) is 0.469. The van der Waals surface area contributed by atoms with Crippen molar-refractivity contribution in [2.24, 2.45) is 11.5 Å². The van der Waals surface area contributed by atoms with E-state index in [1.807, 2.05) is 12.1 Å². The van der Waals surface area contributed by atoms with Crippen LogP contribution >= 0.6 is 0 Å². The van der Waals surface area contributed by atoms with Crippen LogP contribution in [0, 0.1) is 0 Å². The van der Waals surface area contributed by atoms with Gasteiger partial charge in [0, 0.05) is 41.9 Å². The van der Waals surface area contributed by atoms with Crippen LogP contribution in [0.2, 0.25) is 0 Å². The molecule has 0 saturated carbocycles. The monoisotopic (exact) mass is 392 g/mol. The molecular weight excluding hydrogens is 372 g/mol. The number of rotatable bonds is 1. The second-order valence-corrected chi connectivity index (χ2v) is 6.66. The Bertz CT molecular complexity index is 1040. The van der Waals surface area contributed by atoms with Gasteiger partial charge in [0.15, 0.2) is 5.60 Å². The molecule has 0 amide bonds. The summed E-state index contributed by atoms with van der Waals surface area (Å²) >= 11 is 0. The number of esters is 1. The Morgan fingerprint density at radius 3 is 1.90 bits per heavy atom. The van der Waals surface area contributed by atoms with Crippen LogP contribution in [-0.4, -0.2) is 29.3 Å². The summed E-state index contributed by atoms with van der Waals surface area (Å²) in [6.45, 7) is 1.19. The molecule has 7 heteroatoms. The lowest BCUT2D eigenvalue weighted by atomic mass is 9.77. The molecule has 148 valence electrons. The highest BCUT2D eigenvalue weighted by molar-refractivity contribution is 5.97. The molecule has 7 nitrogen and oxygen atoms in total. The lowest BCUT2D eigenvalue weighted by Gasteiger charge is -2.36. The first-order valence-electron chi connectivity index (χ1n) is 9.09. The Balaban J connectivity index is 0.000000472. The Kier molecular flexibility index (Phi) is 4.62. The third-order valence-electron chi connectivity index (χ3n) is 4.85. The smallest absolute Gasteiger partial charge is 0.340 e. The van der Waals surface area contributed by atoms with Gasteiger partial charge in [0.25, 0.3) is 0 Å². The summed E-state index contributed by atoms with van der Waals surface area (Å²) in [4.78, 5) is 12.5. The van der Waals surface area contributed by atoms with E-state index >= 15 is 0 Å². The van der Waals surface area contributed by atoms with Crippen molar-refractivity contribution in [1.29, 1.82) is 0 Å². The van der Waals surface area contributed by atoms with Crippen molar-refractivity contribution in [3.63, 3.8) is 0 Å². The Morgan fingerprint density at radius 2 is 1.34 bits per heavy atom. The Hall–Kier alpha value is -3.55. The van der Waals surface area contributed by atoms with E-state index in [2.05, 4.69) is 0 Å². The van der Waals surface area contributed by atoms with Crippen molar-refractivity contribution in [2.75, 3.05) is 13.1 Å². The minimum absolute atomic E-state index is 0.0371. The van der Waals surface area contributed by atoms with Gasteiger partial charge in [0.05, 0.1) is 5.56 Å². The number of fused-ring (bicyclic) bond motifs is 6. The molecule has 2 aliphatic rings. The number of aromatic hydroxyl groups is 2. The maximum absolute atomic E-state index is 12.5. The van der Waals surface area contributed by atoms with Gasteiger partial charge in [-0.15, -0.1) is 0 Å². The zero-order valence-corrected chi connectivity index (χ0v) is 15.5. The number of ether oxygens (including phenoxy) is 2. The van der Waals surface area contributed by atoms with Crippen LogP contribution < -0.4 is 16.2 Å². The molecule has 0 aliphatic carbocycles. The molecule has 0 unspecified atom stereocenters. The van der Waals surface area contributed by atoms with E-state index in [1.54, 1.807) is 24.3 Å². The number of hydrogen-bond acceptors (Lipinski definition) is 7. The molecule has 2 heterocycles. The van der Waals surface area contributed by atoms with Gasteiger partial charge in [-0.25, -0.2) is 4.79 Å². The van der Waals surface area contributed by atoms with Gasteiger partial charge >= 0.3 is 5.97 Å². The molecule has 6 N–H and O–H groups in total. The molecule has 0 bridgehead atoms. The van der Waals surface area contributed by atoms with Gasteiger partial charge in [-0.3, -0.25) is 0 Å². The summed E-state index contributed by atoms with van der Waals surface area (Å²) in [6, 6.07) is 16.6. The standard InChI is InChI=1S/C20H12O5.C2H8N2/c21-11-5-7-15-17(9-11)24-18-10-12(22)6-8-16(18)20(15)14-4-2-1-3-13(14)19(23)25-20;3-1-2-4/h1-10,21-22H;1-4H2. The number of hydrogen-bond donors (Lipinski definition) is 4. The van der Waals surface area contributed by atoms with Crippen molar-refractivity contribution in [3.05, 3.63) is 82.9 Å². The average Bonchev–Trinajstić information content (AvgIpc) is 3.01. The minimum atomic E-state index is -1.17. The number of nitrogens with two attached hydrogens (primary N) is 2. The summed E-state index contributed by atoms with van der Waals surface area (Å²) in [5.74, 6) is 0.408. The number of phenols is 2. The maximum atomic E-state index is 12.5. The normalized spacial score (nSPS) is 14.6. The Labute approximate surface area is 167 Å². The summed E-state index contributed by atoms with van der Waals surface area (Å²) in [7, 11) is 0. The van der Waals surface area contributed by atoms with Gasteiger partial charge < -0.3 is 31.2 Å². The van der Waals surface area contributed by atoms with Gasteiger partial charge in [-0.05, 0) is 30.3 Å². The van der Waals surface area contributed by atoms with Gasteiger partial charge in [0.2, 0.25) is 0 Å². The SMILES string of the molecule is NCCN.O=C1OC2(c3ccc(O)cc3Oc3cc(O)ccc32)c2ccccc21. The predicted octanol–water partition coefficient (Wildman–Crippen LogP) is 2.57. The molecule has 2 aliphatic heterocycles. The summed E-state index contributed by atoms with van der Waals surface area (Å²) in [5, 5.41) is 19.7. The van der Waals surface area contributed by atoms with E-state index in [-0.39, 0.29) is 11.5 Å². The predicted molar refractivity (Wildman–Crippen MR) is 106 cm³/mol. The molecule has 0 atom stereocenters. The second kappa shape index (κ2) is 7.12. The molecular formula is C22H20N2O5. The van der Waals surface area contributed by atoms with Crippen LogP contribution in [0.25, 0.3) is 0 Å².